The number of benzene rings is 1. The zero-order valence-corrected chi connectivity index (χ0v) is 12.2. The van der Waals surface area contributed by atoms with Crippen LogP contribution < -0.4 is 5.32 Å². The highest BCUT2D eigenvalue weighted by atomic mass is 16.2. The quantitative estimate of drug-likeness (QED) is 0.888. The average molecular weight is 284 g/mol. The van der Waals surface area contributed by atoms with E-state index in [-0.39, 0.29) is 6.03 Å². The molecule has 2 amide bonds. The summed E-state index contributed by atoms with van der Waals surface area (Å²) in [6.07, 6.45) is 3.90. The Labute approximate surface area is 124 Å². The van der Waals surface area contributed by atoms with Crippen molar-refractivity contribution in [2.45, 2.75) is 19.8 Å². The Morgan fingerprint density at radius 1 is 1.24 bits per heavy atom. The molecular formula is C16H20N4O. The van der Waals surface area contributed by atoms with Gasteiger partial charge in [-0.3, -0.25) is 5.10 Å². The number of likely N-dealkylation sites (tertiary alicyclic amines) is 1. The molecule has 5 heteroatoms. The highest BCUT2D eigenvalue weighted by Gasteiger charge is 2.20. The number of hydrogen-bond acceptors (Lipinski definition) is 2. The molecule has 0 unspecified atom stereocenters. The van der Waals surface area contributed by atoms with Gasteiger partial charge in [-0.2, -0.15) is 5.10 Å². The molecule has 110 valence electrons. The third kappa shape index (κ3) is 3.24. The van der Waals surface area contributed by atoms with Gasteiger partial charge < -0.3 is 10.2 Å². The predicted molar refractivity (Wildman–Crippen MR) is 83.0 cm³/mol. The Morgan fingerprint density at radius 3 is 2.57 bits per heavy atom. The summed E-state index contributed by atoms with van der Waals surface area (Å²) < 4.78 is 0. The third-order valence-corrected chi connectivity index (χ3v) is 4.02. The van der Waals surface area contributed by atoms with Gasteiger partial charge in [0.25, 0.3) is 0 Å². The first-order valence-electron chi connectivity index (χ1n) is 7.38. The van der Waals surface area contributed by atoms with Crippen LogP contribution in [0, 0.1) is 5.92 Å². The standard InChI is InChI=1S/C16H20N4O/c1-12-7-10-20(11-8-12)16(21)18-14-4-2-13(3-5-14)15-6-9-17-19-15/h2-6,9,12H,7-8,10-11H2,1H3,(H,17,19)(H,18,21). The minimum Gasteiger partial charge on any atom is -0.325 e. The molecule has 1 fully saturated rings. The molecule has 3 rings (SSSR count). The number of rotatable bonds is 2. The molecule has 21 heavy (non-hydrogen) atoms. The highest BCUT2D eigenvalue weighted by Crippen LogP contribution is 2.20. The van der Waals surface area contributed by atoms with E-state index in [1.807, 2.05) is 35.2 Å². The average Bonchev–Trinajstić information content (AvgIpc) is 3.03. The van der Waals surface area contributed by atoms with Gasteiger partial charge in [-0.1, -0.05) is 19.1 Å². The van der Waals surface area contributed by atoms with Crippen molar-refractivity contribution in [3.8, 4) is 11.3 Å². The molecule has 0 spiro atoms. The van der Waals surface area contributed by atoms with E-state index in [4.69, 9.17) is 0 Å². The number of carbonyl (C=O) groups is 1. The Bertz CT molecular complexity index is 583. The predicted octanol–water partition coefficient (Wildman–Crippen LogP) is 3.34. The second-order valence-electron chi connectivity index (χ2n) is 5.65. The lowest BCUT2D eigenvalue weighted by Gasteiger charge is -2.30. The second kappa shape index (κ2) is 5.99. The lowest BCUT2D eigenvalue weighted by molar-refractivity contribution is 0.186. The maximum absolute atomic E-state index is 12.2. The molecule has 5 nitrogen and oxygen atoms in total. The van der Waals surface area contributed by atoms with Gasteiger partial charge in [-0.25, -0.2) is 4.79 Å². The van der Waals surface area contributed by atoms with Gasteiger partial charge in [0.2, 0.25) is 0 Å². The van der Waals surface area contributed by atoms with Crippen LogP contribution in [0.3, 0.4) is 0 Å². The summed E-state index contributed by atoms with van der Waals surface area (Å²) in [6.45, 7) is 3.93. The van der Waals surface area contributed by atoms with E-state index in [0.717, 1.165) is 48.8 Å². The number of H-pyrrole nitrogens is 1. The summed E-state index contributed by atoms with van der Waals surface area (Å²) >= 11 is 0. The molecule has 2 heterocycles. The lowest BCUT2D eigenvalue weighted by atomic mass is 10.00. The zero-order valence-electron chi connectivity index (χ0n) is 12.2. The van der Waals surface area contributed by atoms with E-state index >= 15 is 0 Å². The van der Waals surface area contributed by atoms with Gasteiger partial charge in [0.05, 0.1) is 5.69 Å². The van der Waals surface area contributed by atoms with Crippen molar-refractivity contribution in [2.75, 3.05) is 18.4 Å². The maximum Gasteiger partial charge on any atom is 0.321 e. The van der Waals surface area contributed by atoms with Gasteiger partial charge in [-0.15, -0.1) is 0 Å². The smallest absolute Gasteiger partial charge is 0.321 e. The molecule has 1 aromatic heterocycles. The number of carbonyl (C=O) groups excluding carboxylic acids is 1. The van der Waals surface area contributed by atoms with Crippen LogP contribution in [0.15, 0.2) is 36.5 Å². The van der Waals surface area contributed by atoms with Crippen LogP contribution >= 0.6 is 0 Å². The Balaban J connectivity index is 1.61. The molecule has 2 N–H and O–H groups in total. The zero-order chi connectivity index (χ0) is 14.7. The number of aromatic nitrogens is 2. The number of aromatic amines is 1. The van der Waals surface area contributed by atoms with Crippen LogP contribution in [0.5, 0.6) is 0 Å². The van der Waals surface area contributed by atoms with Crippen molar-refractivity contribution in [2.24, 2.45) is 5.92 Å². The molecule has 0 bridgehead atoms. The molecule has 1 saturated heterocycles. The summed E-state index contributed by atoms with van der Waals surface area (Å²) in [7, 11) is 0. The van der Waals surface area contributed by atoms with Crippen molar-refractivity contribution < 1.29 is 4.79 Å². The largest absolute Gasteiger partial charge is 0.325 e. The number of anilines is 1. The van der Waals surface area contributed by atoms with Crippen LogP contribution in [0.1, 0.15) is 19.8 Å². The molecule has 0 radical (unpaired) electrons. The molecule has 2 aromatic rings. The van der Waals surface area contributed by atoms with E-state index in [9.17, 15) is 4.79 Å². The number of piperidine rings is 1. The minimum atomic E-state index is -0.00353. The number of hydrogen-bond donors (Lipinski definition) is 2. The molecule has 0 aliphatic carbocycles. The fraction of sp³-hybridized carbons (Fsp3) is 0.375. The number of nitrogens with one attached hydrogen (secondary N) is 2. The Morgan fingerprint density at radius 2 is 1.95 bits per heavy atom. The van der Waals surface area contributed by atoms with E-state index in [0.29, 0.717) is 0 Å². The molecular weight excluding hydrogens is 264 g/mol. The first-order valence-corrected chi connectivity index (χ1v) is 7.38. The van der Waals surface area contributed by atoms with E-state index in [2.05, 4.69) is 22.4 Å². The van der Waals surface area contributed by atoms with Crippen LogP contribution in [-0.2, 0) is 0 Å². The lowest BCUT2D eigenvalue weighted by Crippen LogP contribution is -2.40. The summed E-state index contributed by atoms with van der Waals surface area (Å²) in [4.78, 5) is 14.1. The normalized spacial score (nSPS) is 16.0. The van der Waals surface area contributed by atoms with Crippen molar-refractivity contribution in [3.05, 3.63) is 36.5 Å². The SMILES string of the molecule is CC1CCN(C(=O)Nc2ccc(-c3ccn[nH]3)cc2)CC1. The molecule has 1 aromatic carbocycles. The van der Waals surface area contributed by atoms with Crippen molar-refractivity contribution in [3.63, 3.8) is 0 Å². The summed E-state index contributed by atoms with van der Waals surface area (Å²) in [5.74, 6) is 0.725. The summed E-state index contributed by atoms with van der Waals surface area (Å²) in [5.41, 5.74) is 2.84. The van der Waals surface area contributed by atoms with Crippen LogP contribution in [-0.4, -0.2) is 34.2 Å². The van der Waals surface area contributed by atoms with E-state index in [1.165, 1.54) is 0 Å². The minimum absolute atomic E-state index is 0.00353. The molecule has 1 aliphatic heterocycles. The number of urea groups is 1. The van der Waals surface area contributed by atoms with E-state index in [1.54, 1.807) is 6.20 Å². The van der Waals surface area contributed by atoms with Gasteiger partial charge in [0, 0.05) is 25.0 Å². The Kier molecular flexibility index (Phi) is 3.90. The maximum atomic E-state index is 12.2. The first-order chi connectivity index (χ1) is 10.2. The molecule has 1 aliphatic rings. The highest BCUT2D eigenvalue weighted by molar-refractivity contribution is 5.89. The van der Waals surface area contributed by atoms with Gasteiger partial charge in [0.15, 0.2) is 0 Å². The van der Waals surface area contributed by atoms with Gasteiger partial charge in [0.1, 0.15) is 0 Å². The van der Waals surface area contributed by atoms with Crippen molar-refractivity contribution >= 4 is 11.7 Å². The van der Waals surface area contributed by atoms with Gasteiger partial charge in [-0.05, 0) is 42.5 Å². The second-order valence-corrected chi connectivity index (χ2v) is 5.65. The fourth-order valence-corrected chi connectivity index (χ4v) is 2.56. The third-order valence-electron chi connectivity index (χ3n) is 4.02. The summed E-state index contributed by atoms with van der Waals surface area (Å²) in [6, 6.07) is 9.70. The molecule has 0 atom stereocenters. The number of amides is 2. The Hall–Kier alpha value is -2.30. The number of nitrogens with zero attached hydrogens (tertiary/aromatic N) is 2. The monoisotopic (exact) mass is 284 g/mol. The van der Waals surface area contributed by atoms with Crippen LogP contribution in [0.4, 0.5) is 10.5 Å². The molecule has 0 saturated carbocycles. The van der Waals surface area contributed by atoms with E-state index < -0.39 is 0 Å². The van der Waals surface area contributed by atoms with Crippen LogP contribution in [0.2, 0.25) is 0 Å². The topological polar surface area (TPSA) is 61.0 Å². The van der Waals surface area contributed by atoms with Crippen LogP contribution in [0.25, 0.3) is 11.3 Å². The summed E-state index contributed by atoms with van der Waals surface area (Å²) in [5, 5.41) is 9.82. The fourth-order valence-electron chi connectivity index (χ4n) is 2.56. The van der Waals surface area contributed by atoms with Gasteiger partial charge >= 0.3 is 6.03 Å². The van der Waals surface area contributed by atoms with Crippen molar-refractivity contribution in [1.29, 1.82) is 0 Å². The van der Waals surface area contributed by atoms with Crippen molar-refractivity contribution in [1.82, 2.24) is 15.1 Å². The first kappa shape index (κ1) is 13.7.